The molecule has 4 rings (SSSR count). The molecule has 150 valence electrons. The molecule has 2 aromatic carbocycles. The number of anilines is 1. The SMILES string of the molecule is CS(=O)(=O)Nc1cccc(-c2ccc([C@@H]3C[C@H]3NC3CCC(N)CC3)cc2)c1. The molecule has 0 unspecified atom stereocenters. The van der Waals surface area contributed by atoms with Crippen LogP contribution in [0.5, 0.6) is 0 Å². The van der Waals surface area contributed by atoms with E-state index < -0.39 is 10.0 Å². The number of rotatable bonds is 6. The molecule has 6 heteroatoms. The molecular formula is C22H29N3O2S. The minimum absolute atomic E-state index is 0.395. The first-order valence-electron chi connectivity index (χ1n) is 10.1. The van der Waals surface area contributed by atoms with E-state index in [2.05, 4.69) is 34.3 Å². The molecule has 5 nitrogen and oxygen atoms in total. The Bertz CT molecular complexity index is 919. The molecule has 0 heterocycles. The Kier molecular flexibility index (Phi) is 5.45. The highest BCUT2D eigenvalue weighted by molar-refractivity contribution is 7.92. The van der Waals surface area contributed by atoms with Gasteiger partial charge in [-0.15, -0.1) is 0 Å². The number of nitrogens with two attached hydrogens (primary N) is 1. The minimum atomic E-state index is -3.27. The highest BCUT2D eigenvalue weighted by Crippen LogP contribution is 2.42. The number of hydrogen-bond acceptors (Lipinski definition) is 4. The quantitative estimate of drug-likeness (QED) is 0.695. The first kappa shape index (κ1) is 19.4. The van der Waals surface area contributed by atoms with Gasteiger partial charge in [-0.2, -0.15) is 0 Å². The van der Waals surface area contributed by atoms with Crippen molar-refractivity contribution in [2.45, 2.75) is 56.1 Å². The van der Waals surface area contributed by atoms with E-state index in [1.165, 1.54) is 24.8 Å². The van der Waals surface area contributed by atoms with E-state index in [-0.39, 0.29) is 0 Å². The monoisotopic (exact) mass is 399 g/mol. The van der Waals surface area contributed by atoms with E-state index in [1.807, 2.05) is 18.2 Å². The van der Waals surface area contributed by atoms with Gasteiger partial charge in [-0.1, -0.05) is 36.4 Å². The number of nitrogens with one attached hydrogen (secondary N) is 2. The second kappa shape index (κ2) is 7.85. The van der Waals surface area contributed by atoms with Crippen molar-refractivity contribution in [3.63, 3.8) is 0 Å². The third kappa shape index (κ3) is 4.93. The second-order valence-electron chi connectivity index (χ2n) is 8.30. The third-order valence-electron chi connectivity index (χ3n) is 5.85. The Morgan fingerprint density at radius 3 is 2.36 bits per heavy atom. The Balaban J connectivity index is 1.38. The topological polar surface area (TPSA) is 84.2 Å². The fourth-order valence-electron chi connectivity index (χ4n) is 4.24. The van der Waals surface area contributed by atoms with Crippen LogP contribution in [0.4, 0.5) is 5.69 Å². The van der Waals surface area contributed by atoms with Crippen LogP contribution < -0.4 is 15.8 Å². The van der Waals surface area contributed by atoms with Gasteiger partial charge in [0, 0.05) is 29.7 Å². The molecule has 2 saturated carbocycles. The molecular weight excluding hydrogens is 370 g/mol. The van der Waals surface area contributed by atoms with Crippen LogP contribution in [-0.4, -0.2) is 32.8 Å². The highest BCUT2D eigenvalue weighted by atomic mass is 32.2. The van der Waals surface area contributed by atoms with Crippen molar-refractivity contribution < 1.29 is 8.42 Å². The van der Waals surface area contributed by atoms with E-state index in [9.17, 15) is 8.42 Å². The van der Waals surface area contributed by atoms with Gasteiger partial charge < -0.3 is 11.1 Å². The molecule has 0 saturated heterocycles. The Morgan fingerprint density at radius 1 is 0.964 bits per heavy atom. The van der Waals surface area contributed by atoms with Crippen LogP contribution in [0.1, 0.15) is 43.6 Å². The molecule has 0 bridgehead atoms. The van der Waals surface area contributed by atoms with E-state index >= 15 is 0 Å². The summed E-state index contributed by atoms with van der Waals surface area (Å²) in [6, 6.07) is 17.8. The lowest BCUT2D eigenvalue weighted by molar-refractivity contribution is 0.339. The molecule has 2 aliphatic carbocycles. The maximum absolute atomic E-state index is 11.4. The maximum Gasteiger partial charge on any atom is 0.229 e. The molecule has 0 aromatic heterocycles. The van der Waals surface area contributed by atoms with Crippen molar-refractivity contribution in [1.82, 2.24) is 5.32 Å². The zero-order valence-electron chi connectivity index (χ0n) is 16.3. The first-order chi connectivity index (χ1) is 13.4. The van der Waals surface area contributed by atoms with E-state index in [1.54, 1.807) is 6.07 Å². The number of benzene rings is 2. The van der Waals surface area contributed by atoms with Crippen LogP contribution in [0.15, 0.2) is 48.5 Å². The Morgan fingerprint density at radius 2 is 1.68 bits per heavy atom. The summed E-state index contributed by atoms with van der Waals surface area (Å²) >= 11 is 0. The summed E-state index contributed by atoms with van der Waals surface area (Å²) < 4.78 is 25.4. The largest absolute Gasteiger partial charge is 0.328 e. The normalized spacial score (nSPS) is 27.4. The van der Waals surface area contributed by atoms with Crippen LogP contribution in [0.2, 0.25) is 0 Å². The average molecular weight is 400 g/mol. The van der Waals surface area contributed by atoms with Crippen molar-refractivity contribution >= 4 is 15.7 Å². The van der Waals surface area contributed by atoms with E-state index in [0.29, 0.717) is 29.7 Å². The summed E-state index contributed by atoms with van der Waals surface area (Å²) in [7, 11) is -3.27. The van der Waals surface area contributed by atoms with Crippen molar-refractivity contribution in [3.8, 4) is 11.1 Å². The van der Waals surface area contributed by atoms with Crippen LogP contribution in [0, 0.1) is 0 Å². The molecule has 0 amide bonds. The first-order valence-corrected chi connectivity index (χ1v) is 12.0. The van der Waals surface area contributed by atoms with Gasteiger partial charge in [-0.3, -0.25) is 4.72 Å². The predicted molar refractivity (Wildman–Crippen MR) is 115 cm³/mol. The standard InChI is InChI=1S/C22H29N3O2S/c1-28(26,27)25-20-4-2-3-17(13-20)15-5-7-16(8-6-15)21-14-22(21)24-19-11-9-18(23)10-12-19/h2-8,13,18-19,21-22,24-25H,9-12,14,23H2,1H3/t18?,19?,21-,22+/m0/s1. The fraction of sp³-hybridized carbons (Fsp3) is 0.455. The molecule has 4 N–H and O–H groups in total. The van der Waals surface area contributed by atoms with Gasteiger partial charge in [0.15, 0.2) is 0 Å². The van der Waals surface area contributed by atoms with Gasteiger partial charge in [0.2, 0.25) is 10.0 Å². The maximum atomic E-state index is 11.4. The van der Waals surface area contributed by atoms with Gasteiger partial charge in [0.1, 0.15) is 0 Å². The van der Waals surface area contributed by atoms with Crippen molar-refractivity contribution in [2.24, 2.45) is 5.73 Å². The molecule has 28 heavy (non-hydrogen) atoms. The summed E-state index contributed by atoms with van der Waals surface area (Å²) in [6.45, 7) is 0. The third-order valence-corrected chi connectivity index (χ3v) is 6.46. The van der Waals surface area contributed by atoms with Crippen LogP contribution in [-0.2, 0) is 10.0 Å². The number of sulfonamides is 1. The lowest BCUT2D eigenvalue weighted by atomic mass is 9.92. The molecule has 0 radical (unpaired) electrons. The zero-order chi connectivity index (χ0) is 19.7. The van der Waals surface area contributed by atoms with Crippen LogP contribution in [0.25, 0.3) is 11.1 Å². The summed E-state index contributed by atoms with van der Waals surface area (Å²) in [4.78, 5) is 0. The van der Waals surface area contributed by atoms with Gasteiger partial charge in [-0.25, -0.2) is 8.42 Å². The Hall–Kier alpha value is -1.89. The number of hydrogen-bond donors (Lipinski definition) is 3. The lowest BCUT2D eigenvalue weighted by Gasteiger charge is -2.27. The van der Waals surface area contributed by atoms with Crippen LogP contribution >= 0.6 is 0 Å². The van der Waals surface area contributed by atoms with Crippen molar-refractivity contribution in [2.75, 3.05) is 11.0 Å². The molecule has 2 atom stereocenters. The summed E-state index contributed by atoms with van der Waals surface area (Å²) in [5, 5.41) is 3.82. The van der Waals surface area contributed by atoms with Gasteiger partial charge >= 0.3 is 0 Å². The highest BCUT2D eigenvalue weighted by Gasteiger charge is 2.39. The molecule has 2 aromatic rings. The van der Waals surface area contributed by atoms with Gasteiger partial charge in [0.05, 0.1) is 6.26 Å². The van der Waals surface area contributed by atoms with Crippen molar-refractivity contribution in [1.29, 1.82) is 0 Å². The van der Waals surface area contributed by atoms with Gasteiger partial charge in [-0.05, 0) is 60.9 Å². The van der Waals surface area contributed by atoms with Crippen molar-refractivity contribution in [3.05, 3.63) is 54.1 Å². The van der Waals surface area contributed by atoms with E-state index in [4.69, 9.17) is 5.73 Å². The molecule has 0 aliphatic heterocycles. The average Bonchev–Trinajstić information content (AvgIpc) is 3.42. The Labute approximate surface area is 167 Å². The van der Waals surface area contributed by atoms with Crippen LogP contribution in [0.3, 0.4) is 0 Å². The minimum Gasteiger partial charge on any atom is -0.328 e. The molecule has 0 spiro atoms. The zero-order valence-corrected chi connectivity index (χ0v) is 17.1. The predicted octanol–water partition coefficient (Wildman–Crippen LogP) is 3.44. The second-order valence-corrected chi connectivity index (χ2v) is 10.1. The van der Waals surface area contributed by atoms with E-state index in [0.717, 1.165) is 30.2 Å². The summed E-state index contributed by atoms with van der Waals surface area (Å²) in [5.41, 5.74) is 10.1. The van der Waals surface area contributed by atoms with Gasteiger partial charge in [0.25, 0.3) is 0 Å². The fourth-order valence-corrected chi connectivity index (χ4v) is 4.79. The summed E-state index contributed by atoms with van der Waals surface area (Å²) in [5.74, 6) is 0.600. The molecule has 2 fully saturated rings. The lowest BCUT2D eigenvalue weighted by Crippen LogP contribution is -2.38. The summed E-state index contributed by atoms with van der Waals surface area (Å²) in [6.07, 6.45) is 7.03. The molecule has 2 aliphatic rings. The smallest absolute Gasteiger partial charge is 0.229 e.